The molecule has 0 radical (unpaired) electrons. The van der Waals surface area contributed by atoms with Crippen LogP contribution in [-0.2, 0) is 23.1 Å². The summed E-state index contributed by atoms with van der Waals surface area (Å²) in [6.07, 6.45) is 0. The first kappa shape index (κ1) is 40.7. The number of H-pyrrole nitrogens is 1. The van der Waals surface area contributed by atoms with Crippen LogP contribution in [0.5, 0.6) is 0 Å². The van der Waals surface area contributed by atoms with Gasteiger partial charge in [0.1, 0.15) is 0 Å². The van der Waals surface area contributed by atoms with E-state index in [1.54, 1.807) is 34.8 Å². The topological polar surface area (TPSA) is 124 Å². The van der Waals surface area contributed by atoms with Crippen molar-refractivity contribution in [1.82, 2.24) is 29.2 Å². The van der Waals surface area contributed by atoms with E-state index in [0.29, 0.717) is 5.52 Å². The molecule has 0 aliphatic carbocycles. The van der Waals surface area contributed by atoms with Crippen LogP contribution in [0.3, 0.4) is 0 Å². The molecule has 0 unspecified atom stereocenters. The maximum atomic E-state index is 13.3. The fourth-order valence-electron chi connectivity index (χ4n) is 6.87. The van der Waals surface area contributed by atoms with Crippen LogP contribution in [0.4, 0.5) is 11.6 Å². The number of thiophene rings is 2. The Kier molecular flexibility index (Phi) is 13.8. The van der Waals surface area contributed by atoms with Crippen molar-refractivity contribution in [2.75, 3.05) is 62.2 Å². The Labute approximate surface area is 367 Å². The summed E-state index contributed by atoms with van der Waals surface area (Å²) in [6, 6.07) is 32.0. The summed E-state index contributed by atoms with van der Waals surface area (Å²) in [6.45, 7) is 11.7. The summed E-state index contributed by atoms with van der Waals surface area (Å²) in [7, 11) is -3.75. The summed E-state index contributed by atoms with van der Waals surface area (Å²) >= 11 is 3.31. The van der Waals surface area contributed by atoms with Crippen LogP contribution < -0.4 is 61.2 Å². The van der Waals surface area contributed by atoms with E-state index in [2.05, 4.69) is 101 Å². The molecule has 2 aliphatic heterocycles. The predicted octanol–water partition coefficient (Wildman–Crippen LogP) is 3.74. The SMILES string of the molecule is Cc1ccc(S(=O)(=O)n2nc(N3CCN(Cc4ccccc4)CC3)c3sccc32)cc1.[K+].[OH-].c1ccc(CN2CCN(c3n[nH]c4ccsc34)CC2)cc1. The molecule has 276 valence electrons. The van der Waals surface area contributed by atoms with Crippen molar-refractivity contribution >= 4 is 64.8 Å². The van der Waals surface area contributed by atoms with Crippen molar-refractivity contribution < 1.29 is 65.3 Å². The number of benzene rings is 3. The average molecular weight is 807 g/mol. The van der Waals surface area contributed by atoms with Gasteiger partial charge in [-0.05, 0) is 53.1 Å². The summed E-state index contributed by atoms with van der Waals surface area (Å²) in [5.74, 6) is 1.89. The number of aryl methyl sites for hydroxylation is 1. The number of aromatic nitrogens is 4. The molecule has 2 aliphatic rings. The molecular weight excluding hydrogens is 764 g/mol. The first-order chi connectivity index (χ1) is 25.4. The molecule has 4 aromatic heterocycles. The maximum absolute atomic E-state index is 13.3. The van der Waals surface area contributed by atoms with Crippen LogP contribution >= 0.6 is 22.7 Å². The maximum Gasteiger partial charge on any atom is 1.00 e. The van der Waals surface area contributed by atoms with Gasteiger partial charge in [0.25, 0.3) is 10.0 Å². The van der Waals surface area contributed by atoms with Gasteiger partial charge in [0, 0.05) is 65.4 Å². The summed E-state index contributed by atoms with van der Waals surface area (Å²) in [5, 5.41) is 16.3. The number of fused-ring (bicyclic) bond motifs is 2. The van der Waals surface area contributed by atoms with Crippen molar-refractivity contribution in [3.63, 3.8) is 0 Å². The molecule has 0 saturated carbocycles. The zero-order chi connectivity index (χ0) is 35.5. The summed E-state index contributed by atoms with van der Waals surface area (Å²) in [5.41, 5.74) is 5.53. The van der Waals surface area contributed by atoms with E-state index >= 15 is 0 Å². The molecule has 2 N–H and O–H groups in total. The van der Waals surface area contributed by atoms with E-state index in [1.807, 2.05) is 36.6 Å². The fraction of sp³-hybridized carbons (Fsp3) is 0.282. The van der Waals surface area contributed by atoms with Gasteiger partial charge in [0.15, 0.2) is 11.6 Å². The van der Waals surface area contributed by atoms with Crippen molar-refractivity contribution in [2.24, 2.45) is 0 Å². The molecule has 3 aromatic carbocycles. The first-order valence-corrected chi connectivity index (χ1v) is 20.8. The molecule has 9 rings (SSSR count). The van der Waals surface area contributed by atoms with E-state index < -0.39 is 10.0 Å². The third-order valence-corrected chi connectivity index (χ3v) is 13.2. The molecule has 0 atom stereocenters. The monoisotopic (exact) mass is 806 g/mol. The van der Waals surface area contributed by atoms with E-state index in [0.717, 1.165) is 92.9 Å². The van der Waals surface area contributed by atoms with Crippen LogP contribution in [0.2, 0.25) is 0 Å². The zero-order valence-corrected chi connectivity index (χ0v) is 36.2. The number of rotatable bonds is 8. The molecule has 15 heteroatoms. The number of nitrogens with zero attached hydrogens (tertiary/aromatic N) is 7. The Morgan fingerprint density at radius 3 is 1.74 bits per heavy atom. The Hall–Kier alpha value is -2.93. The second-order valence-electron chi connectivity index (χ2n) is 13.3. The summed E-state index contributed by atoms with van der Waals surface area (Å²) < 4.78 is 30.0. The molecule has 0 amide bonds. The van der Waals surface area contributed by atoms with Gasteiger partial charge in [-0.3, -0.25) is 14.9 Å². The molecular formula is C39H43KN8O3S3. The Morgan fingerprint density at radius 1 is 0.648 bits per heavy atom. The first-order valence-electron chi connectivity index (χ1n) is 17.6. The van der Waals surface area contributed by atoms with E-state index in [9.17, 15) is 8.42 Å². The number of anilines is 2. The smallest absolute Gasteiger partial charge is 0.870 e. The number of hydrogen-bond donors (Lipinski definition) is 1. The van der Waals surface area contributed by atoms with Gasteiger partial charge in [-0.1, -0.05) is 78.4 Å². The molecule has 2 fully saturated rings. The predicted molar refractivity (Wildman–Crippen MR) is 215 cm³/mol. The van der Waals surface area contributed by atoms with Crippen molar-refractivity contribution in [3.05, 3.63) is 125 Å². The standard InChI is InChI=1S/C23H24N4O2S2.C16H18N4S.K.H2O/c1-18-7-9-20(10-8-18)31(28,29)27-21-11-16-30-22(21)23(24-27)26-14-12-25(13-15-26)17-19-5-3-2-4-6-19;1-2-4-13(5-3-1)12-19-7-9-20(10-8-19)16-15-14(17-18-16)6-11-21-15;;/h2-11,16H,12-15,17H2,1H3;1-6,11H,7-10,12H2,(H,17,18);;1H2/q;;+1;/p-1. The van der Waals surface area contributed by atoms with Gasteiger partial charge in [0.05, 0.1) is 25.3 Å². The van der Waals surface area contributed by atoms with Crippen LogP contribution in [0.25, 0.3) is 20.4 Å². The Morgan fingerprint density at radius 2 is 1.17 bits per heavy atom. The van der Waals surface area contributed by atoms with Crippen molar-refractivity contribution in [1.29, 1.82) is 0 Å². The minimum absolute atomic E-state index is 0. The van der Waals surface area contributed by atoms with Gasteiger partial charge in [-0.25, -0.2) is 0 Å². The summed E-state index contributed by atoms with van der Waals surface area (Å²) in [4.78, 5) is 9.81. The number of aromatic amines is 1. The van der Waals surface area contributed by atoms with Crippen LogP contribution in [0, 0.1) is 6.92 Å². The van der Waals surface area contributed by atoms with Gasteiger partial charge in [-0.2, -0.15) is 17.6 Å². The quantitative estimate of drug-likeness (QED) is 0.229. The molecule has 7 aromatic rings. The molecule has 0 spiro atoms. The molecule has 11 nitrogen and oxygen atoms in total. The minimum Gasteiger partial charge on any atom is -0.870 e. The van der Waals surface area contributed by atoms with E-state index in [4.69, 9.17) is 0 Å². The molecule has 0 bridgehead atoms. The third-order valence-electron chi connectivity index (χ3n) is 9.78. The Bertz CT molecular complexity index is 2330. The van der Waals surface area contributed by atoms with Gasteiger partial charge < -0.3 is 15.3 Å². The van der Waals surface area contributed by atoms with Crippen molar-refractivity contribution in [2.45, 2.75) is 24.9 Å². The number of nitrogens with one attached hydrogen (secondary N) is 1. The largest absolute Gasteiger partial charge is 1.00 e. The second kappa shape index (κ2) is 18.3. The molecule has 54 heavy (non-hydrogen) atoms. The van der Waals surface area contributed by atoms with E-state index in [-0.39, 0.29) is 61.8 Å². The van der Waals surface area contributed by atoms with Gasteiger partial charge >= 0.3 is 51.4 Å². The van der Waals surface area contributed by atoms with Crippen LogP contribution in [-0.4, -0.2) is 95.4 Å². The fourth-order valence-corrected chi connectivity index (χ4v) is 9.95. The third kappa shape index (κ3) is 9.03. The minimum atomic E-state index is -3.75. The van der Waals surface area contributed by atoms with Crippen LogP contribution in [0.15, 0.2) is 113 Å². The molecule has 2 saturated heterocycles. The van der Waals surface area contributed by atoms with Gasteiger partial charge in [0.2, 0.25) is 0 Å². The number of hydrogen-bond acceptors (Lipinski definition) is 11. The zero-order valence-electron chi connectivity index (χ0n) is 30.6. The van der Waals surface area contributed by atoms with Crippen molar-refractivity contribution in [3.8, 4) is 0 Å². The van der Waals surface area contributed by atoms with E-state index in [1.165, 1.54) is 19.9 Å². The molecule has 6 heterocycles. The number of piperazine rings is 2. The van der Waals surface area contributed by atoms with Crippen LogP contribution in [0.1, 0.15) is 16.7 Å². The normalized spacial score (nSPS) is 15.4. The average Bonchev–Trinajstić information content (AvgIpc) is 3.98. The Balaban J connectivity index is 0.000000190. The second-order valence-corrected chi connectivity index (χ2v) is 16.9. The van der Waals surface area contributed by atoms with Gasteiger partial charge in [-0.15, -0.1) is 27.8 Å².